The van der Waals surface area contributed by atoms with Gasteiger partial charge < -0.3 is 10.6 Å². The van der Waals surface area contributed by atoms with E-state index in [9.17, 15) is 9.59 Å². The second-order valence-corrected chi connectivity index (χ2v) is 10.0. The number of benzene rings is 2. The van der Waals surface area contributed by atoms with Crippen LogP contribution in [0.3, 0.4) is 0 Å². The monoisotopic (exact) mass is 558 g/mol. The zero-order valence-electron chi connectivity index (χ0n) is 18.2. The minimum atomic E-state index is -0.178. The van der Waals surface area contributed by atoms with E-state index in [2.05, 4.69) is 42.5 Å². The molecule has 0 unspecified atom stereocenters. The average Bonchev–Trinajstić information content (AvgIpc) is 2.75. The van der Waals surface area contributed by atoms with Gasteiger partial charge in [-0.2, -0.15) is 0 Å². The molecule has 32 heavy (non-hydrogen) atoms. The number of hydrogen-bond donors (Lipinski definition) is 2. The van der Waals surface area contributed by atoms with Gasteiger partial charge >= 0.3 is 0 Å². The maximum atomic E-state index is 12.7. The van der Waals surface area contributed by atoms with Crippen LogP contribution in [0.15, 0.2) is 81.8 Å². The summed E-state index contributed by atoms with van der Waals surface area (Å²) in [6, 6.07) is 15.6. The number of halogens is 2. The molecule has 2 N–H and O–H groups in total. The highest BCUT2D eigenvalue weighted by molar-refractivity contribution is 9.10. The molecule has 1 aliphatic heterocycles. The van der Waals surface area contributed by atoms with Crippen molar-refractivity contribution < 1.29 is 9.59 Å². The molecule has 2 aromatic carbocycles. The van der Waals surface area contributed by atoms with Crippen LogP contribution in [-0.4, -0.2) is 11.8 Å². The number of nitrogens with one attached hydrogen (secondary N) is 2. The molecule has 0 fully saturated rings. The molecule has 168 valence electrons. The number of carbonyl (C=O) groups excluding carboxylic acids is 2. The molecule has 0 radical (unpaired) electrons. The van der Waals surface area contributed by atoms with Gasteiger partial charge in [0.05, 0.1) is 12.1 Å². The van der Waals surface area contributed by atoms with Crippen molar-refractivity contribution >= 4 is 43.7 Å². The van der Waals surface area contributed by atoms with Gasteiger partial charge in [-0.15, -0.1) is 0 Å². The van der Waals surface area contributed by atoms with E-state index >= 15 is 0 Å². The fourth-order valence-corrected chi connectivity index (χ4v) is 4.74. The van der Waals surface area contributed by atoms with E-state index < -0.39 is 0 Å². The van der Waals surface area contributed by atoms with Gasteiger partial charge in [0.25, 0.3) is 0 Å². The Hall–Kier alpha value is -2.18. The first kappa shape index (κ1) is 24.5. The van der Waals surface area contributed by atoms with Crippen LogP contribution >= 0.6 is 31.9 Å². The summed E-state index contributed by atoms with van der Waals surface area (Å²) in [4.78, 5) is 25.5. The predicted octanol–water partition coefficient (Wildman–Crippen LogP) is 6.40. The third-order valence-electron chi connectivity index (χ3n) is 5.59. The molecular weight excluding hydrogens is 532 g/mol. The van der Waals surface area contributed by atoms with Crippen molar-refractivity contribution in [1.82, 2.24) is 10.6 Å². The Balaban J connectivity index is 1.86. The molecule has 3 rings (SSSR count). The fourth-order valence-electron chi connectivity index (χ4n) is 3.90. The van der Waals surface area contributed by atoms with Crippen LogP contribution in [0.1, 0.15) is 49.9 Å². The molecule has 0 saturated heterocycles. The van der Waals surface area contributed by atoms with E-state index in [1.165, 1.54) is 0 Å². The van der Waals surface area contributed by atoms with Gasteiger partial charge in [-0.25, -0.2) is 0 Å². The van der Waals surface area contributed by atoms with E-state index in [-0.39, 0.29) is 48.6 Å². The summed E-state index contributed by atoms with van der Waals surface area (Å²) < 4.78 is 1.93. The molecule has 0 spiro atoms. The van der Waals surface area contributed by atoms with Gasteiger partial charge in [-0.3, -0.25) is 9.59 Å². The topological polar surface area (TPSA) is 58.2 Å². The summed E-state index contributed by atoms with van der Waals surface area (Å²) in [7, 11) is 0. The Morgan fingerprint density at radius 1 is 0.719 bits per heavy atom. The normalized spacial score (nSPS) is 25.0. The van der Waals surface area contributed by atoms with E-state index in [1.54, 1.807) is 0 Å². The Kier molecular flexibility index (Phi) is 8.88. The molecule has 0 aromatic heterocycles. The Labute approximate surface area is 206 Å². The van der Waals surface area contributed by atoms with E-state index in [0.717, 1.165) is 20.1 Å². The van der Waals surface area contributed by atoms with Gasteiger partial charge in [0.1, 0.15) is 0 Å². The van der Waals surface area contributed by atoms with E-state index in [4.69, 9.17) is 0 Å². The van der Waals surface area contributed by atoms with Gasteiger partial charge in [0, 0.05) is 21.8 Å². The molecule has 2 amide bonds. The summed E-state index contributed by atoms with van der Waals surface area (Å²) in [6.07, 6.45) is 8.35. The van der Waals surface area contributed by atoms with E-state index in [1.807, 2.05) is 86.7 Å². The van der Waals surface area contributed by atoms with Crippen LogP contribution in [0.4, 0.5) is 0 Å². The first-order valence-corrected chi connectivity index (χ1v) is 12.3. The maximum absolute atomic E-state index is 12.7. The standard InChI is InChI=1S/C26H28Br2N2O2/c1-17-7-3-13-24(32)30-26(20-10-6-12-22(28)16-20)18(2)8-4-14-23(31)29-25(17)19-9-5-11-21(27)15-19/h3-12,15-18,25-26H,13-14H2,1-2H3,(H,29,31)(H,30,32)/t17-,18-,25-,26+/m1/s1. The summed E-state index contributed by atoms with van der Waals surface area (Å²) in [5.74, 6) is -0.0157. The summed E-state index contributed by atoms with van der Waals surface area (Å²) in [6.45, 7) is 4.10. The van der Waals surface area contributed by atoms with Crippen molar-refractivity contribution in [1.29, 1.82) is 0 Å². The largest absolute Gasteiger partial charge is 0.348 e. The van der Waals surface area contributed by atoms with Crippen LogP contribution in [0.25, 0.3) is 0 Å². The first-order chi connectivity index (χ1) is 15.3. The third kappa shape index (κ3) is 6.91. The van der Waals surface area contributed by atoms with E-state index in [0.29, 0.717) is 0 Å². The Morgan fingerprint density at radius 2 is 1.12 bits per heavy atom. The summed E-state index contributed by atoms with van der Waals surface area (Å²) in [5, 5.41) is 6.34. The zero-order chi connectivity index (χ0) is 23.1. The molecule has 0 saturated carbocycles. The minimum Gasteiger partial charge on any atom is -0.348 e. The second-order valence-electron chi connectivity index (χ2n) is 8.18. The highest BCUT2D eigenvalue weighted by Crippen LogP contribution is 2.28. The van der Waals surface area contributed by atoms with Crippen molar-refractivity contribution in [3.05, 3.63) is 92.9 Å². The molecule has 4 atom stereocenters. The predicted molar refractivity (Wildman–Crippen MR) is 136 cm³/mol. The Morgan fingerprint density at radius 3 is 1.50 bits per heavy atom. The van der Waals surface area contributed by atoms with Gasteiger partial charge in [0.2, 0.25) is 11.8 Å². The number of amides is 2. The van der Waals surface area contributed by atoms with Crippen molar-refractivity contribution in [3.8, 4) is 0 Å². The minimum absolute atomic E-state index is 0.0211. The molecule has 0 bridgehead atoms. The summed E-state index contributed by atoms with van der Waals surface area (Å²) in [5.41, 5.74) is 2.04. The van der Waals surface area contributed by atoms with Gasteiger partial charge in [-0.1, -0.05) is 94.3 Å². The van der Waals surface area contributed by atoms with Crippen LogP contribution in [0.5, 0.6) is 0 Å². The van der Waals surface area contributed by atoms with Crippen molar-refractivity contribution in [3.63, 3.8) is 0 Å². The molecule has 0 aliphatic carbocycles. The quantitative estimate of drug-likeness (QED) is 0.418. The smallest absolute Gasteiger partial charge is 0.224 e. The van der Waals surface area contributed by atoms with Gasteiger partial charge in [0.15, 0.2) is 0 Å². The lowest BCUT2D eigenvalue weighted by Crippen LogP contribution is -2.33. The SMILES string of the molecule is C[C@@H]1C=CCC(=O)N[C@@H](c2cccc(Br)c2)[C@H](C)C=CCC(=O)N[C@@H]1c1cccc(Br)c1. The first-order valence-electron chi connectivity index (χ1n) is 10.8. The van der Waals surface area contributed by atoms with Crippen molar-refractivity contribution in [2.75, 3.05) is 0 Å². The number of hydrogen-bond acceptors (Lipinski definition) is 2. The molecular formula is C26H28Br2N2O2. The molecule has 1 aliphatic rings. The average molecular weight is 560 g/mol. The van der Waals surface area contributed by atoms with Crippen LogP contribution in [0, 0.1) is 11.8 Å². The molecule has 1 heterocycles. The highest BCUT2D eigenvalue weighted by atomic mass is 79.9. The molecule has 2 aromatic rings. The molecule has 6 heteroatoms. The zero-order valence-corrected chi connectivity index (χ0v) is 21.4. The summed E-state index contributed by atoms with van der Waals surface area (Å²) >= 11 is 7.03. The maximum Gasteiger partial charge on any atom is 0.224 e. The second kappa shape index (κ2) is 11.6. The Bertz CT molecular complexity index is 937. The van der Waals surface area contributed by atoms with Crippen LogP contribution in [-0.2, 0) is 9.59 Å². The van der Waals surface area contributed by atoms with Crippen molar-refractivity contribution in [2.45, 2.75) is 38.8 Å². The number of rotatable bonds is 2. The lowest BCUT2D eigenvalue weighted by molar-refractivity contribution is -0.122. The third-order valence-corrected chi connectivity index (χ3v) is 6.57. The van der Waals surface area contributed by atoms with Crippen molar-refractivity contribution in [2.24, 2.45) is 11.8 Å². The van der Waals surface area contributed by atoms with Gasteiger partial charge in [-0.05, 0) is 47.2 Å². The lowest BCUT2D eigenvalue weighted by atomic mass is 9.92. The van der Waals surface area contributed by atoms with Crippen LogP contribution < -0.4 is 10.6 Å². The highest BCUT2D eigenvalue weighted by Gasteiger charge is 2.22. The lowest BCUT2D eigenvalue weighted by Gasteiger charge is -2.25. The fraction of sp³-hybridized carbons (Fsp3) is 0.308. The molecule has 4 nitrogen and oxygen atoms in total. The number of carbonyl (C=O) groups is 2. The van der Waals surface area contributed by atoms with Crippen LogP contribution in [0.2, 0.25) is 0 Å².